The van der Waals surface area contributed by atoms with Crippen LogP contribution in [0, 0.1) is 12.7 Å². The number of aromatic amines is 1. The fourth-order valence-electron chi connectivity index (χ4n) is 4.16. The first-order valence-electron chi connectivity index (χ1n) is 8.92. The number of carbonyl (C=O) groups excluding carboxylic acids is 2. The number of hydrogen-bond acceptors (Lipinski definition) is 3. The van der Waals surface area contributed by atoms with E-state index in [-0.39, 0.29) is 35.8 Å². The maximum atomic E-state index is 13.0. The molecule has 136 valence electrons. The summed E-state index contributed by atoms with van der Waals surface area (Å²) in [6, 6.07) is 7.57. The molecular formula is C19H21FN4O2. The number of fused-ring (bicyclic) bond motifs is 2. The van der Waals surface area contributed by atoms with Crippen LogP contribution in [0.15, 0.2) is 30.3 Å². The number of H-pyrrole nitrogens is 1. The highest BCUT2D eigenvalue weighted by atomic mass is 19.1. The predicted molar refractivity (Wildman–Crippen MR) is 93.2 cm³/mol. The molecule has 2 saturated heterocycles. The van der Waals surface area contributed by atoms with Gasteiger partial charge >= 0.3 is 0 Å². The predicted octanol–water partition coefficient (Wildman–Crippen LogP) is 2.42. The van der Waals surface area contributed by atoms with E-state index in [0.717, 1.165) is 31.4 Å². The summed E-state index contributed by atoms with van der Waals surface area (Å²) < 4.78 is 13.0. The third kappa shape index (κ3) is 3.09. The zero-order valence-electron chi connectivity index (χ0n) is 14.5. The highest BCUT2D eigenvalue weighted by Crippen LogP contribution is 2.36. The SMILES string of the molecule is Cc1cc(C(=O)N2[C@@H]3CC[C@H]2CC(NC(=O)c2ccc(F)cc2)C3)n[nH]1. The van der Waals surface area contributed by atoms with Gasteiger partial charge in [0, 0.05) is 29.4 Å². The Bertz CT molecular complexity index is 818. The summed E-state index contributed by atoms with van der Waals surface area (Å²) in [4.78, 5) is 27.1. The van der Waals surface area contributed by atoms with Gasteiger partial charge in [0.1, 0.15) is 11.5 Å². The Morgan fingerprint density at radius 3 is 2.42 bits per heavy atom. The number of benzene rings is 1. The molecule has 0 saturated carbocycles. The summed E-state index contributed by atoms with van der Waals surface area (Å²) >= 11 is 0. The largest absolute Gasteiger partial charge is 0.349 e. The lowest BCUT2D eigenvalue weighted by molar-refractivity contribution is 0.0543. The van der Waals surface area contributed by atoms with Crippen molar-refractivity contribution >= 4 is 11.8 Å². The number of piperidine rings is 1. The Balaban J connectivity index is 1.42. The van der Waals surface area contributed by atoms with E-state index >= 15 is 0 Å². The topological polar surface area (TPSA) is 78.1 Å². The van der Waals surface area contributed by atoms with Crippen molar-refractivity contribution in [2.75, 3.05) is 0 Å². The van der Waals surface area contributed by atoms with Gasteiger partial charge in [0.05, 0.1) is 0 Å². The van der Waals surface area contributed by atoms with Crippen molar-refractivity contribution in [1.82, 2.24) is 20.4 Å². The summed E-state index contributed by atoms with van der Waals surface area (Å²) in [7, 11) is 0. The summed E-state index contributed by atoms with van der Waals surface area (Å²) in [5.74, 6) is -0.595. The van der Waals surface area contributed by atoms with E-state index in [0.29, 0.717) is 11.3 Å². The summed E-state index contributed by atoms with van der Waals surface area (Å²) in [6.07, 6.45) is 3.36. The number of rotatable bonds is 3. The van der Waals surface area contributed by atoms with Crippen molar-refractivity contribution < 1.29 is 14.0 Å². The maximum Gasteiger partial charge on any atom is 0.274 e. The Labute approximate surface area is 150 Å². The molecule has 1 aromatic heterocycles. The Hall–Kier alpha value is -2.70. The van der Waals surface area contributed by atoms with Crippen LogP contribution in [-0.4, -0.2) is 45.0 Å². The second-order valence-corrected chi connectivity index (χ2v) is 7.18. The third-order valence-electron chi connectivity index (χ3n) is 5.33. The van der Waals surface area contributed by atoms with Crippen LogP contribution < -0.4 is 5.32 Å². The van der Waals surface area contributed by atoms with Gasteiger partial charge in [-0.3, -0.25) is 14.7 Å². The fraction of sp³-hybridized carbons (Fsp3) is 0.421. The molecule has 2 aliphatic rings. The van der Waals surface area contributed by atoms with Gasteiger partial charge in [-0.2, -0.15) is 5.10 Å². The van der Waals surface area contributed by atoms with E-state index < -0.39 is 0 Å². The first-order chi connectivity index (χ1) is 12.5. The molecule has 1 aromatic carbocycles. The van der Waals surface area contributed by atoms with Gasteiger partial charge in [0.15, 0.2) is 0 Å². The van der Waals surface area contributed by atoms with Gasteiger partial charge in [-0.05, 0) is 62.9 Å². The monoisotopic (exact) mass is 356 g/mol. The van der Waals surface area contributed by atoms with Crippen molar-refractivity contribution in [2.45, 2.75) is 50.7 Å². The molecule has 4 rings (SSSR count). The van der Waals surface area contributed by atoms with Crippen LogP contribution in [0.4, 0.5) is 4.39 Å². The number of nitrogens with one attached hydrogen (secondary N) is 2. The minimum Gasteiger partial charge on any atom is -0.349 e. The van der Waals surface area contributed by atoms with Gasteiger partial charge in [-0.1, -0.05) is 0 Å². The van der Waals surface area contributed by atoms with Crippen molar-refractivity contribution in [3.8, 4) is 0 Å². The molecule has 2 amide bonds. The average Bonchev–Trinajstić information content (AvgIpc) is 3.16. The van der Waals surface area contributed by atoms with E-state index in [1.807, 2.05) is 11.8 Å². The molecule has 2 fully saturated rings. The second-order valence-electron chi connectivity index (χ2n) is 7.18. The molecule has 0 aliphatic carbocycles. The van der Waals surface area contributed by atoms with Gasteiger partial charge in [-0.25, -0.2) is 4.39 Å². The van der Waals surface area contributed by atoms with Crippen molar-refractivity contribution in [3.05, 3.63) is 53.1 Å². The van der Waals surface area contributed by atoms with Gasteiger partial charge in [0.2, 0.25) is 0 Å². The van der Waals surface area contributed by atoms with Crippen LogP contribution in [0.1, 0.15) is 52.2 Å². The molecule has 0 radical (unpaired) electrons. The first kappa shape index (κ1) is 16.8. The van der Waals surface area contributed by atoms with Crippen molar-refractivity contribution in [3.63, 3.8) is 0 Å². The molecule has 7 heteroatoms. The van der Waals surface area contributed by atoms with Gasteiger partial charge in [-0.15, -0.1) is 0 Å². The Morgan fingerprint density at radius 2 is 1.85 bits per heavy atom. The highest BCUT2D eigenvalue weighted by Gasteiger charge is 2.44. The smallest absolute Gasteiger partial charge is 0.274 e. The van der Waals surface area contributed by atoms with Crippen LogP contribution in [0.25, 0.3) is 0 Å². The van der Waals surface area contributed by atoms with E-state index in [1.54, 1.807) is 6.07 Å². The average molecular weight is 356 g/mol. The lowest BCUT2D eigenvalue weighted by Gasteiger charge is -2.38. The summed E-state index contributed by atoms with van der Waals surface area (Å²) in [5, 5.41) is 9.94. The Kier molecular flexibility index (Phi) is 4.22. The minimum atomic E-state index is -0.361. The fourth-order valence-corrected chi connectivity index (χ4v) is 4.16. The van der Waals surface area contributed by atoms with E-state index in [2.05, 4.69) is 15.5 Å². The third-order valence-corrected chi connectivity index (χ3v) is 5.33. The molecule has 0 spiro atoms. The van der Waals surface area contributed by atoms with Crippen LogP contribution in [-0.2, 0) is 0 Å². The van der Waals surface area contributed by atoms with Crippen LogP contribution in [0.3, 0.4) is 0 Å². The molecule has 2 bridgehead atoms. The summed E-state index contributed by atoms with van der Waals surface area (Å²) in [6.45, 7) is 1.87. The van der Waals surface area contributed by atoms with Crippen LogP contribution >= 0.6 is 0 Å². The van der Waals surface area contributed by atoms with Crippen molar-refractivity contribution in [1.29, 1.82) is 0 Å². The number of aromatic nitrogens is 2. The summed E-state index contributed by atoms with van der Waals surface area (Å²) in [5.41, 5.74) is 1.76. The highest BCUT2D eigenvalue weighted by molar-refractivity contribution is 5.95. The number of carbonyl (C=O) groups is 2. The molecule has 3 atom stereocenters. The normalized spacial score (nSPS) is 24.5. The van der Waals surface area contributed by atoms with Crippen molar-refractivity contribution in [2.24, 2.45) is 0 Å². The zero-order valence-corrected chi connectivity index (χ0v) is 14.5. The number of hydrogen-bond donors (Lipinski definition) is 2. The van der Waals surface area contributed by atoms with E-state index in [4.69, 9.17) is 0 Å². The van der Waals surface area contributed by atoms with E-state index in [1.165, 1.54) is 24.3 Å². The lowest BCUT2D eigenvalue weighted by Crippen LogP contribution is -2.52. The quantitative estimate of drug-likeness (QED) is 0.887. The van der Waals surface area contributed by atoms with Gasteiger partial charge in [0.25, 0.3) is 11.8 Å². The van der Waals surface area contributed by atoms with Crippen LogP contribution in [0.5, 0.6) is 0 Å². The molecule has 2 aromatic rings. The molecule has 2 N–H and O–H groups in total. The minimum absolute atomic E-state index is 0.0232. The molecule has 2 aliphatic heterocycles. The second kappa shape index (κ2) is 6.55. The first-order valence-corrected chi connectivity index (χ1v) is 8.92. The Morgan fingerprint density at radius 1 is 1.19 bits per heavy atom. The molecule has 3 heterocycles. The zero-order chi connectivity index (χ0) is 18.3. The number of halogens is 1. The number of aryl methyl sites for hydroxylation is 1. The maximum absolute atomic E-state index is 13.0. The molecular weight excluding hydrogens is 335 g/mol. The molecule has 1 unspecified atom stereocenters. The number of amides is 2. The standard InChI is InChI=1S/C19H21FN4O2/c1-11-8-17(23-22-11)19(26)24-15-6-7-16(24)10-14(9-15)21-18(25)12-2-4-13(20)5-3-12/h2-5,8,14-16H,6-7,9-10H2,1H3,(H,21,25)(H,22,23)/t14?,15-,16+. The molecule has 6 nitrogen and oxygen atoms in total. The lowest BCUT2D eigenvalue weighted by atomic mass is 9.96. The van der Waals surface area contributed by atoms with E-state index in [9.17, 15) is 14.0 Å². The van der Waals surface area contributed by atoms with Gasteiger partial charge < -0.3 is 10.2 Å². The number of nitrogens with zero attached hydrogens (tertiary/aromatic N) is 2. The molecule has 26 heavy (non-hydrogen) atoms. The van der Waals surface area contributed by atoms with Crippen LogP contribution in [0.2, 0.25) is 0 Å².